The van der Waals surface area contributed by atoms with E-state index in [2.05, 4.69) is 17.0 Å². The molecule has 1 fully saturated rings. The molecule has 1 aromatic heterocycles. The summed E-state index contributed by atoms with van der Waals surface area (Å²) in [4.78, 5) is 16.9. The number of nitrogens with zero attached hydrogens (tertiary/aromatic N) is 4. The van der Waals surface area contributed by atoms with Crippen molar-refractivity contribution in [3.05, 3.63) is 51.8 Å². The number of aromatic nitrogens is 2. The first-order chi connectivity index (χ1) is 13.1. The molecule has 0 N–H and O–H groups in total. The number of likely N-dealkylation sites (tertiary alicyclic amines) is 1. The summed E-state index contributed by atoms with van der Waals surface area (Å²) in [7, 11) is 2.03. The number of hydrogen-bond acceptors (Lipinski definition) is 3. The fourth-order valence-electron chi connectivity index (χ4n) is 4.26. The minimum Gasteiger partial charge on any atom is -0.343 e. The molecule has 1 amide bonds. The number of benzene rings is 1. The summed E-state index contributed by atoms with van der Waals surface area (Å²) in [5, 5.41) is 5.52. The van der Waals surface area contributed by atoms with Gasteiger partial charge in [0.2, 0.25) is 5.91 Å². The minimum absolute atomic E-state index is 0.278. The fourth-order valence-corrected chi connectivity index (χ4v) is 4.39. The summed E-state index contributed by atoms with van der Waals surface area (Å²) in [5.74, 6) is 0.278. The topological polar surface area (TPSA) is 41.4 Å². The van der Waals surface area contributed by atoms with Crippen molar-refractivity contribution in [3.63, 3.8) is 0 Å². The van der Waals surface area contributed by atoms with Crippen molar-refractivity contribution in [1.29, 1.82) is 0 Å². The lowest BCUT2D eigenvalue weighted by atomic mass is 10.0. The number of fused-ring (bicyclic) bond motifs is 1. The van der Waals surface area contributed by atoms with E-state index in [0.717, 1.165) is 69.1 Å². The van der Waals surface area contributed by atoms with Crippen molar-refractivity contribution in [2.24, 2.45) is 7.05 Å². The number of aryl methyl sites for hydroxylation is 2. The lowest BCUT2D eigenvalue weighted by Gasteiger charge is -2.27. The summed E-state index contributed by atoms with van der Waals surface area (Å²) in [6.45, 7) is 4.69. The van der Waals surface area contributed by atoms with Crippen LogP contribution in [0.15, 0.2) is 24.3 Å². The van der Waals surface area contributed by atoms with Gasteiger partial charge in [-0.25, -0.2) is 0 Å². The van der Waals surface area contributed by atoms with Crippen LogP contribution in [-0.2, 0) is 37.8 Å². The van der Waals surface area contributed by atoms with Crippen LogP contribution in [-0.4, -0.2) is 45.1 Å². The highest BCUT2D eigenvalue weighted by molar-refractivity contribution is 6.30. The highest BCUT2D eigenvalue weighted by atomic mass is 35.5. The molecule has 0 radical (unpaired) electrons. The molecule has 0 bridgehead atoms. The van der Waals surface area contributed by atoms with E-state index in [1.807, 2.05) is 28.8 Å². The lowest BCUT2D eigenvalue weighted by Crippen LogP contribution is -2.31. The third-order valence-corrected chi connectivity index (χ3v) is 6.01. The van der Waals surface area contributed by atoms with Crippen LogP contribution < -0.4 is 0 Å². The maximum Gasteiger partial charge on any atom is 0.222 e. The minimum atomic E-state index is 0.278. The molecule has 2 aliphatic heterocycles. The van der Waals surface area contributed by atoms with Crippen molar-refractivity contribution >= 4 is 17.5 Å². The van der Waals surface area contributed by atoms with Crippen molar-refractivity contribution < 1.29 is 4.79 Å². The van der Waals surface area contributed by atoms with Crippen LogP contribution in [0.2, 0.25) is 5.02 Å². The second-order valence-corrected chi connectivity index (χ2v) is 8.11. The van der Waals surface area contributed by atoms with Crippen LogP contribution in [0, 0.1) is 0 Å². The molecule has 1 aromatic carbocycles. The van der Waals surface area contributed by atoms with E-state index in [9.17, 15) is 4.79 Å². The molecular weight excluding hydrogens is 360 g/mol. The predicted molar refractivity (Wildman–Crippen MR) is 107 cm³/mol. The van der Waals surface area contributed by atoms with Crippen LogP contribution in [0.5, 0.6) is 0 Å². The Balaban J connectivity index is 1.42. The SMILES string of the molecule is Cn1nc(CCC(=O)N2CCCC2)c2c1CCN(Cc1ccc(Cl)cc1)C2. The van der Waals surface area contributed by atoms with Gasteiger partial charge in [-0.2, -0.15) is 5.10 Å². The summed E-state index contributed by atoms with van der Waals surface area (Å²) in [6.07, 6.45) is 4.61. The van der Waals surface area contributed by atoms with Crippen LogP contribution >= 0.6 is 11.6 Å². The summed E-state index contributed by atoms with van der Waals surface area (Å²) in [5.41, 5.74) is 5.02. The average Bonchev–Trinajstić information content (AvgIpc) is 3.30. The van der Waals surface area contributed by atoms with E-state index in [4.69, 9.17) is 16.7 Å². The molecule has 0 saturated carbocycles. The Morgan fingerprint density at radius 3 is 2.63 bits per heavy atom. The molecule has 6 heteroatoms. The molecule has 1 saturated heterocycles. The number of rotatable bonds is 5. The molecule has 2 aliphatic rings. The van der Waals surface area contributed by atoms with Gasteiger partial charge in [-0.3, -0.25) is 14.4 Å². The molecule has 0 aliphatic carbocycles. The third kappa shape index (κ3) is 4.19. The second kappa shape index (κ2) is 8.03. The van der Waals surface area contributed by atoms with Gasteiger partial charge >= 0.3 is 0 Å². The Hall–Kier alpha value is -1.85. The van der Waals surface area contributed by atoms with E-state index in [1.54, 1.807) is 0 Å². The van der Waals surface area contributed by atoms with Crippen molar-refractivity contribution in [2.45, 2.75) is 45.2 Å². The van der Waals surface area contributed by atoms with Crippen LogP contribution in [0.1, 0.15) is 41.8 Å². The number of halogens is 1. The Labute approximate surface area is 165 Å². The zero-order chi connectivity index (χ0) is 18.8. The number of carbonyl (C=O) groups is 1. The zero-order valence-corrected chi connectivity index (χ0v) is 16.7. The number of hydrogen-bond donors (Lipinski definition) is 0. The zero-order valence-electron chi connectivity index (χ0n) is 16.0. The first-order valence-corrected chi connectivity index (χ1v) is 10.3. The van der Waals surface area contributed by atoms with Crippen molar-refractivity contribution in [3.8, 4) is 0 Å². The molecule has 4 rings (SSSR count). The van der Waals surface area contributed by atoms with E-state index >= 15 is 0 Å². The van der Waals surface area contributed by atoms with E-state index in [0.29, 0.717) is 6.42 Å². The first-order valence-electron chi connectivity index (χ1n) is 9.88. The van der Waals surface area contributed by atoms with E-state index in [1.165, 1.54) is 16.8 Å². The highest BCUT2D eigenvalue weighted by Crippen LogP contribution is 2.25. The monoisotopic (exact) mass is 386 g/mol. The summed E-state index contributed by atoms with van der Waals surface area (Å²) >= 11 is 6.00. The molecule has 5 nitrogen and oxygen atoms in total. The van der Waals surface area contributed by atoms with Gasteiger partial charge in [0.25, 0.3) is 0 Å². The normalized spacial score (nSPS) is 17.3. The van der Waals surface area contributed by atoms with Gasteiger partial charge in [-0.1, -0.05) is 23.7 Å². The molecule has 27 heavy (non-hydrogen) atoms. The van der Waals surface area contributed by atoms with Gasteiger partial charge in [0.15, 0.2) is 0 Å². The Morgan fingerprint density at radius 2 is 1.89 bits per heavy atom. The van der Waals surface area contributed by atoms with E-state index in [-0.39, 0.29) is 5.91 Å². The van der Waals surface area contributed by atoms with Gasteiger partial charge in [0.05, 0.1) is 5.69 Å². The average molecular weight is 387 g/mol. The molecule has 0 spiro atoms. The molecule has 0 atom stereocenters. The van der Waals surface area contributed by atoms with Crippen molar-refractivity contribution in [2.75, 3.05) is 19.6 Å². The predicted octanol–water partition coefficient (Wildman–Crippen LogP) is 3.19. The number of carbonyl (C=O) groups excluding carboxylic acids is 1. The maximum atomic E-state index is 12.4. The van der Waals surface area contributed by atoms with E-state index < -0.39 is 0 Å². The first kappa shape index (κ1) is 18.5. The van der Waals surface area contributed by atoms with Gasteiger partial charge in [0, 0.05) is 75.3 Å². The Morgan fingerprint density at radius 1 is 1.15 bits per heavy atom. The van der Waals surface area contributed by atoms with Crippen LogP contribution in [0.3, 0.4) is 0 Å². The lowest BCUT2D eigenvalue weighted by molar-refractivity contribution is -0.130. The molecule has 3 heterocycles. The van der Waals surface area contributed by atoms with Gasteiger partial charge < -0.3 is 4.90 Å². The maximum absolute atomic E-state index is 12.4. The second-order valence-electron chi connectivity index (χ2n) is 7.67. The smallest absolute Gasteiger partial charge is 0.222 e. The Bertz CT molecular complexity index is 808. The van der Waals surface area contributed by atoms with Gasteiger partial charge in [-0.15, -0.1) is 0 Å². The molecule has 0 unspecified atom stereocenters. The van der Waals surface area contributed by atoms with Gasteiger partial charge in [0.1, 0.15) is 0 Å². The Kier molecular flexibility index (Phi) is 5.50. The highest BCUT2D eigenvalue weighted by Gasteiger charge is 2.25. The number of amides is 1. The summed E-state index contributed by atoms with van der Waals surface area (Å²) in [6, 6.07) is 8.09. The largest absolute Gasteiger partial charge is 0.343 e. The van der Waals surface area contributed by atoms with Crippen LogP contribution in [0.25, 0.3) is 0 Å². The summed E-state index contributed by atoms with van der Waals surface area (Å²) < 4.78 is 2.02. The molecule has 144 valence electrons. The third-order valence-electron chi connectivity index (χ3n) is 5.76. The van der Waals surface area contributed by atoms with Gasteiger partial charge in [-0.05, 0) is 30.5 Å². The molecular formula is C21H27ClN4O. The fraction of sp³-hybridized carbons (Fsp3) is 0.524. The van der Waals surface area contributed by atoms with Crippen LogP contribution in [0.4, 0.5) is 0 Å². The molecule has 2 aromatic rings. The quantitative estimate of drug-likeness (QED) is 0.792. The standard InChI is InChI=1S/C21H27ClN4O/c1-24-20-10-13-25(14-16-4-6-17(22)7-5-16)15-18(20)19(23-24)8-9-21(27)26-11-2-3-12-26/h4-7H,2-3,8-15H2,1H3. The van der Waals surface area contributed by atoms with Crippen molar-refractivity contribution in [1.82, 2.24) is 19.6 Å².